The van der Waals surface area contributed by atoms with Crippen molar-refractivity contribution in [1.29, 1.82) is 0 Å². The van der Waals surface area contributed by atoms with E-state index in [-0.39, 0.29) is 0 Å². The molecule has 1 aromatic carbocycles. The van der Waals surface area contributed by atoms with Crippen LogP contribution >= 0.6 is 0 Å². The highest BCUT2D eigenvalue weighted by Gasteiger charge is 2.06. The van der Waals surface area contributed by atoms with Crippen LogP contribution in [0, 0.1) is 0 Å². The Kier molecular flexibility index (Phi) is 6.51. The number of ether oxygens (including phenoxy) is 1. The van der Waals surface area contributed by atoms with Crippen molar-refractivity contribution in [2.45, 2.75) is 12.8 Å². The molecule has 7 nitrogen and oxygen atoms in total. The zero-order valence-electron chi connectivity index (χ0n) is 15.7. The second kappa shape index (κ2) is 9.47. The van der Waals surface area contributed by atoms with Crippen molar-refractivity contribution < 1.29 is 4.74 Å². The van der Waals surface area contributed by atoms with Crippen molar-refractivity contribution in [2.75, 3.05) is 37.5 Å². The molecular formula is C20H24N6O. The summed E-state index contributed by atoms with van der Waals surface area (Å²) in [6, 6.07) is 12.1. The van der Waals surface area contributed by atoms with Gasteiger partial charge in [-0.1, -0.05) is 12.1 Å². The lowest BCUT2D eigenvalue weighted by molar-refractivity contribution is 0.414. The maximum Gasteiger partial charge on any atom is 0.244 e. The van der Waals surface area contributed by atoms with Crippen molar-refractivity contribution in [3.05, 3.63) is 66.1 Å². The van der Waals surface area contributed by atoms with Gasteiger partial charge in [-0.3, -0.25) is 4.98 Å². The summed E-state index contributed by atoms with van der Waals surface area (Å²) in [7, 11) is 3.67. The van der Waals surface area contributed by atoms with E-state index in [2.05, 4.69) is 42.5 Å². The van der Waals surface area contributed by atoms with E-state index in [1.807, 2.05) is 43.7 Å². The van der Waals surface area contributed by atoms with Gasteiger partial charge in [0.2, 0.25) is 5.95 Å². The molecule has 3 rings (SSSR count). The summed E-state index contributed by atoms with van der Waals surface area (Å²) in [6.45, 7) is 1.58. The highest BCUT2D eigenvalue weighted by molar-refractivity contribution is 5.39. The quantitative estimate of drug-likeness (QED) is 0.625. The average molecular weight is 364 g/mol. The van der Waals surface area contributed by atoms with E-state index in [0.717, 1.165) is 37.5 Å². The highest BCUT2D eigenvalue weighted by atomic mass is 16.5. The molecule has 0 amide bonds. The Morgan fingerprint density at radius 1 is 1.00 bits per heavy atom. The van der Waals surface area contributed by atoms with Gasteiger partial charge < -0.3 is 15.0 Å². The summed E-state index contributed by atoms with van der Waals surface area (Å²) < 4.78 is 5.17. The molecule has 0 aliphatic rings. The van der Waals surface area contributed by atoms with E-state index in [4.69, 9.17) is 4.74 Å². The predicted molar refractivity (Wildman–Crippen MR) is 106 cm³/mol. The van der Waals surface area contributed by atoms with Gasteiger partial charge in [-0.2, -0.15) is 10.1 Å². The van der Waals surface area contributed by atoms with Gasteiger partial charge in [-0.25, -0.2) is 0 Å². The summed E-state index contributed by atoms with van der Waals surface area (Å²) in [5.74, 6) is 2.20. The molecule has 1 N–H and O–H groups in total. The SMILES string of the molecule is COc1ccc(CCNc2nncc(N(C)CCc3ccncc3)n2)cc1. The van der Waals surface area contributed by atoms with Gasteiger partial charge in [-0.15, -0.1) is 5.10 Å². The third-order valence-electron chi connectivity index (χ3n) is 4.28. The van der Waals surface area contributed by atoms with Gasteiger partial charge in [0.05, 0.1) is 13.3 Å². The van der Waals surface area contributed by atoms with Gasteiger partial charge in [0.25, 0.3) is 0 Å². The molecular weight excluding hydrogens is 340 g/mol. The molecule has 0 radical (unpaired) electrons. The van der Waals surface area contributed by atoms with Gasteiger partial charge in [-0.05, 0) is 48.2 Å². The lowest BCUT2D eigenvalue weighted by atomic mass is 10.1. The summed E-state index contributed by atoms with van der Waals surface area (Å²) in [4.78, 5) is 10.7. The third-order valence-corrected chi connectivity index (χ3v) is 4.28. The van der Waals surface area contributed by atoms with E-state index < -0.39 is 0 Å². The molecule has 140 valence electrons. The van der Waals surface area contributed by atoms with Crippen molar-refractivity contribution >= 4 is 11.8 Å². The van der Waals surface area contributed by atoms with Crippen LogP contribution in [-0.4, -0.2) is 47.4 Å². The molecule has 0 spiro atoms. The predicted octanol–water partition coefficient (Wildman–Crippen LogP) is 2.61. The lowest BCUT2D eigenvalue weighted by Crippen LogP contribution is -2.22. The van der Waals surface area contributed by atoms with Gasteiger partial charge in [0.15, 0.2) is 5.82 Å². The number of anilines is 2. The topological polar surface area (TPSA) is 76.1 Å². The Bertz CT molecular complexity index is 825. The summed E-state index contributed by atoms with van der Waals surface area (Å²) in [5, 5.41) is 11.4. The normalized spacial score (nSPS) is 10.4. The standard InChI is InChI=1S/C20H24N6O/c1-26(14-10-17-7-11-21-12-8-17)19-15-23-25-20(24-19)22-13-9-16-3-5-18(27-2)6-4-16/h3-8,11-12,15H,9-10,13-14H2,1-2H3,(H,22,24,25). The second-order valence-electron chi connectivity index (χ2n) is 6.19. The van der Waals surface area contributed by atoms with Crippen LogP contribution in [-0.2, 0) is 12.8 Å². The first-order valence-corrected chi connectivity index (χ1v) is 8.91. The van der Waals surface area contributed by atoms with E-state index in [0.29, 0.717) is 5.95 Å². The number of hydrogen-bond acceptors (Lipinski definition) is 7. The van der Waals surface area contributed by atoms with Gasteiger partial charge >= 0.3 is 0 Å². The molecule has 0 fully saturated rings. The molecule has 0 unspecified atom stereocenters. The third kappa shape index (κ3) is 5.64. The molecule has 0 saturated heterocycles. The number of rotatable bonds is 9. The maximum absolute atomic E-state index is 5.17. The molecule has 0 aliphatic heterocycles. The minimum atomic E-state index is 0.539. The number of benzene rings is 1. The first-order valence-electron chi connectivity index (χ1n) is 8.91. The van der Waals surface area contributed by atoms with Crippen LogP contribution < -0.4 is 15.0 Å². The minimum Gasteiger partial charge on any atom is -0.497 e. The largest absolute Gasteiger partial charge is 0.497 e. The highest BCUT2D eigenvalue weighted by Crippen LogP contribution is 2.13. The van der Waals surface area contributed by atoms with E-state index >= 15 is 0 Å². The van der Waals surface area contributed by atoms with Gasteiger partial charge in [0, 0.05) is 32.5 Å². The minimum absolute atomic E-state index is 0.539. The van der Waals surface area contributed by atoms with Crippen LogP contribution in [0.4, 0.5) is 11.8 Å². The molecule has 0 saturated carbocycles. The Hall–Kier alpha value is -3.22. The van der Waals surface area contributed by atoms with Crippen molar-refractivity contribution in [1.82, 2.24) is 20.2 Å². The molecule has 7 heteroatoms. The summed E-state index contributed by atoms with van der Waals surface area (Å²) in [6.07, 6.45) is 7.10. The number of methoxy groups -OCH3 is 1. The number of nitrogens with one attached hydrogen (secondary N) is 1. The fraction of sp³-hybridized carbons (Fsp3) is 0.300. The Labute approximate surface area is 159 Å². The molecule has 27 heavy (non-hydrogen) atoms. The zero-order valence-corrected chi connectivity index (χ0v) is 15.7. The number of hydrogen-bond donors (Lipinski definition) is 1. The molecule has 3 aromatic rings. The maximum atomic E-state index is 5.17. The number of aromatic nitrogens is 4. The van der Waals surface area contributed by atoms with Crippen LogP contribution in [0.2, 0.25) is 0 Å². The smallest absolute Gasteiger partial charge is 0.244 e. The number of pyridine rings is 1. The summed E-state index contributed by atoms with van der Waals surface area (Å²) in [5.41, 5.74) is 2.47. The van der Waals surface area contributed by atoms with Crippen molar-refractivity contribution in [3.8, 4) is 5.75 Å². The van der Waals surface area contributed by atoms with Crippen LogP contribution in [0.3, 0.4) is 0 Å². The monoisotopic (exact) mass is 364 g/mol. The lowest BCUT2D eigenvalue weighted by Gasteiger charge is -2.18. The fourth-order valence-corrected chi connectivity index (χ4v) is 2.63. The number of nitrogens with zero attached hydrogens (tertiary/aromatic N) is 5. The Morgan fingerprint density at radius 2 is 1.74 bits per heavy atom. The van der Waals surface area contributed by atoms with Crippen LogP contribution in [0.15, 0.2) is 55.0 Å². The molecule has 0 aliphatic carbocycles. The fourth-order valence-electron chi connectivity index (χ4n) is 2.63. The number of likely N-dealkylation sites (N-methyl/N-ethyl adjacent to an activating group) is 1. The van der Waals surface area contributed by atoms with Crippen LogP contribution in [0.25, 0.3) is 0 Å². The van der Waals surface area contributed by atoms with Gasteiger partial charge in [0.1, 0.15) is 5.75 Å². The zero-order chi connectivity index (χ0) is 18.9. The molecule has 0 atom stereocenters. The van der Waals surface area contributed by atoms with E-state index in [9.17, 15) is 0 Å². The average Bonchev–Trinajstić information content (AvgIpc) is 2.73. The van der Waals surface area contributed by atoms with Crippen LogP contribution in [0.5, 0.6) is 5.75 Å². The second-order valence-corrected chi connectivity index (χ2v) is 6.19. The molecule has 2 aromatic heterocycles. The van der Waals surface area contributed by atoms with E-state index in [1.165, 1.54) is 11.1 Å². The Balaban J connectivity index is 1.50. The first-order chi connectivity index (χ1) is 13.2. The first kappa shape index (κ1) is 18.6. The van der Waals surface area contributed by atoms with Crippen molar-refractivity contribution in [3.63, 3.8) is 0 Å². The Morgan fingerprint density at radius 3 is 2.48 bits per heavy atom. The van der Waals surface area contributed by atoms with Crippen molar-refractivity contribution in [2.24, 2.45) is 0 Å². The van der Waals surface area contributed by atoms with E-state index in [1.54, 1.807) is 13.3 Å². The molecule has 0 bridgehead atoms. The summed E-state index contributed by atoms with van der Waals surface area (Å²) >= 11 is 0. The molecule has 2 heterocycles. The van der Waals surface area contributed by atoms with Crippen LogP contribution in [0.1, 0.15) is 11.1 Å².